The van der Waals surface area contributed by atoms with Gasteiger partial charge < -0.3 is 0 Å². The summed E-state index contributed by atoms with van der Waals surface area (Å²) in [6.45, 7) is 12.9. The Morgan fingerprint density at radius 1 is 0.818 bits per heavy atom. The molecule has 0 radical (unpaired) electrons. The van der Waals surface area contributed by atoms with Crippen molar-refractivity contribution in [2.24, 2.45) is 0 Å². The SMILES string of the molecule is Cc1ccc(C(C)(C)Cc2cc(F)cc(C(C)(C)C)c2)cc1. The molecular weight excluding hydrogens is 271 g/mol. The molecule has 0 aliphatic rings. The van der Waals surface area contributed by atoms with Crippen molar-refractivity contribution in [3.8, 4) is 0 Å². The number of hydrogen-bond acceptors (Lipinski definition) is 0. The van der Waals surface area contributed by atoms with Crippen LogP contribution in [0.15, 0.2) is 42.5 Å². The summed E-state index contributed by atoms with van der Waals surface area (Å²) in [6.07, 6.45) is 0.830. The van der Waals surface area contributed by atoms with Crippen molar-refractivity contribution in [1.29, 1.82) is 0 Å². The van der Waals surface area contributed by atoms with Crippen LogP contribution in [0.3, 0.4) is 0 Å². The molecule has 0 saturated heterocycles. The summed E-state index contributed by atoms with van der Waals surface area (Å²) in [5.74, 6) is -0.137. The highest BCUT2D eigenvalue weighted by molar-refractivity contribution is 5.34. The van der Waals surface area contributed by atoms with Gasteiger partial charge in [-0.1, -0.05) is 70.5 Å². The Kier molecular flexibility index (Phi) is 4.47. The lowest BCUT2D eigenvalue weighted by Crippen LogP contribution is -2.21. The zero-order chi connectivity index (χ0) is 16.5. The van der Waals surface area contributed by atoms with E-state index in [0.717, 1.165) is 17.5 Å². The third-order valence-electron chi connectivity index (χ3n) is 4.30. The van der Waals surface area contributed by atoms with Gasteiger partial charge in [-0.3, -0.25) is 0 Å². The van der Waals surface area contributed by atoms with Gasteiger partial charge in [0.25, 0.3) is 0 Å². The minimum Gasteiger partial charge on any atom is -0.207 e. The molecule has 0 atom stereocenters. The minimum absolute atomic E-state index is 0.0172. The van der Waals surface area contributed by atoms with E-state index in [0.29, 0.717) is 0 Å². The van der Waals surface area contributed by atoms with Gasteiger partial charge in [-0.15, -0.1) is 0 Å². The highest BCUT2D eigenvalue weighted by atomic mass is 19.1. The highest BCUT2D eigenvalue weighted by Crippen LogP contribution is 2.30. The zero-order valence-corrected chi connectivity index (χ0v) is 14.6. The van der Waals surface area contributed by atoms with Crippen molar-refractivity contribution in [3.63, 3.8) is 0 Å². The summed E-state index contributed by atoms with van der Waals surface area (Å²) in [7, 11) is 0. The van der Waals surface area contributed by atoms with E-state index in [1.165, 1.54) is 11.1 Å². The van der Waals surface area contributed by atoms with Crippen molar-refractivity contribution in [2.75, 3.05) is 0 Å². The molecule has 0 aromatic heterocycles. The van der Waals surface area contributed by atoms with Crippen molar-refractivity contribution < 1.29 is 4.39 Å². The first-order valence-electron chi connectivity index (χ1n) is 7.95. The maximum absolute atomic E-state index is 14.0. The van der Waals surface area contributed by atoms with E-state index in [1.807, 2.05) is 0 Å². The smallest absolute Gasteiger partial charge is 0.123 e. The molecule has 0 aliphatic carbocycles. The normalized spacial score (nSPS) is 12.5. The molecule has 0 N–H and O–H groups in total. The van der Waals surface area contributed by atoms with Gasteiger partial charge in [0.05, 0.1) is 0 Å². The molecule has 2 aromatic rings. The highest BCUT2D eigenvalue weighted by Gasteiger charge is 2.23. The van der Waals surface area contributed by atoms with Gasteiger partial charge in [-0.25, -0.2) is 4.39 Å². The summed E-state index contributed by atoms with van der Waals surface area (Å²) < 4.78 is 14.0. The number of halogens is 1. The second-order valence-electron chi connectivity index (χ2n) is 8.02. The lowest BCUT2D eigenvalue weighted by molar-refractivity contribution is 0.515. The molecule has 0 spiro atoms. The van der Waals surface area contributed by atoms with Gasteiger partial charge in [0.2, 0.25) is 0 Å². The maximum Gasteiger partial charge on any atom is 0.123 e. The van der Waals surface area contributed by atoms with E-state index in [4.69, 9.17) is 0 Å². The number of hydrogen-bond donors (Lipinski definition) is 0. The number of benzene rings is 2. The first kappa shape index (κ1) is 16.7. The van der Waals surface area contributed by atoms with Crippen molar-refractivity contribution >= 4 is 0 Å². The van der Waals surface area contributed by atoms with Crippen LogP contribution in [0, 0.1) is 12.7 Å². The fourth-order valence-corrected chi connectivity index (χ4v) is 2.80. The summed E-state index contributed by atoms with van der Waals surface area (Å²) in [5.41, 5.74) is 4.62. The van der Waals surface area contributed by atoms with Crippen LogP contribution >= 0.6 is 0 Å². The van der Waals surface area contributed by atoms with Crippen LogP contribution in [0.2, 0.25) is 0 Å². The van der Waals surface area contributed by atoms with E-state index >= 15 is 0 Å². The predicted octanol–water partition coefficient (Wildman–Crippen LogP) is 5.95. The standard InChI is InChI=1S/C21H27F/c1-15-7-9-17(10-8-15)21(5,6)14-16-11-18(20(2,3)4)13-19(22)12-16/h7-13H,14H2,1-6H3. The lowest BCUT2D eigenvalue weighted by atomic mass is 9.77. The second kappa shape index (κ2) is 5.87. The largest absolute Gasteiger partial charge is 0.207 e. The first-order chi connectivity index (χ1) is 10.1. The van der Waals surface area contributed by atoms with Crippen LogP contribution in [-0.2, 0) is 17.3 Å². The van der Waals surface area contributed by atoms with Gasteiger partial charge in [0.1, 0.15) is 5.82 Å². The lowest BCUT2D eigenvalue weighted by Gasteiger charge is -2.27. The van der Waals surface area contributed by atoms with E-state index in [1.54, 1.807) is 12.1 Å². The number of rotatable bonds is 3. The molecular formula is C21H27F. The van der Waals surface area contributed by atoms with E-state index in [-0.39, 0.29) is 16.6 Å². The van der Waals surface area contributed by atoms with E-state index < -0.39 is 0 Å². The minimum atomic E-state index is -0.137. The molecule has 118 valence electrons. The first-order valence-corrected chi connectivity index (χ1v) is 7.95. The molecule has 0 aliphatic heterocycles. The monoisotopic (exact) mass is 298 g/mol. The molecule has 0 unspecified atom stereocenters. The van der Waals surface area contributed by atoms with Crippen LogP contribution in [0.4, 0.5) is 4.39 Å². The average molecular weight is 298 g/mol. The molecule has 0 heterocycles. The van der Waals surface area contributed by atoms with Crippen LogP contribution in [0.5, 0.6) is 0 Å². The van der Waals surface area contributed by atoms with Crippen LogP contribution < -0.4 is 0 Å². The van der Waals surface area contributed by atoms with E-state index in [9.17, 15) is 4.39 Å². The molecule has 0 nitrogen and oxygen atoms in total. The second-order valence-corrected chi connectivity index (χ2v) is 8.02. The van der Waals surface area contributed by atoms with Crippen LogP contribution in [0.1, 0.15) is 56.9 Å². The molecule has 2 aromatic carbocycles. The Labute approximate surface area is 134 Å². The average Bonchev–Trinajstić information content (AvgIpc) is 2.36. The summed E-state index contributed by atoms with van der Waals surface area (Å²) in [6, 6.07) is 14.1. The maximum atomic E-state index is 14.0. The quantitative estimate of drug-likeness (QED) is 0.656. The van der Waals surface area contributed by atoms with Gasteiger partial charge in [0, 0.05) is 0 Å². The molecule has 0 amide bonds. The fourth-order valence-electron chi connectivity index (χ4n) is 2.80. The van der Waals surface area contributed by atoms with Crippen LogP contribution in [-0.4, -0.2) is 0 Å². The fraction of sp³-hybridized carbons (Fsp3) is 0.429. The predicted molar refractivity (Wildman–Crippen MR) is 93.0 cm³/mol. The summed E-state index contributed by atoms with van der Waals surface area (Å²) in [5, 5.41) is 0. The Bertz CT molecular complexity index is 643. The summed E-state index contributed by atoms with van der Waals surface area (Å²) >= 11 is 0. The molecule has 0 bridgehead atoms. The third kappa shape index (κ3) is 3.97. The number of aryl methyl sites for hydroxylation is 1. The van der Waals surface area contributed by atoms with Crippen molar-refractivity contribution in [2.45, 2.75) is 58.8 Å². The van der Waals surface area contributed by atoms with Crippen molar-refractivity contribution in [3.05, 3.63) is 70.5 Å². The van der Waals surface area contributed by atoms with E-state index in [2.05, 4.69) is 71.9 Å². The topological polar surface area (TPSA) is 0 Å². The Balaban J connectivity index is 2.33. The van der Waals surface area contributed by atoms with Crippen molar-refractivity contribution in [1.82, 2.24) is 0 Å². The molecule has 2 rings (SSSR count). The molecule has 0 saturated carbocycles. The van der Waals surface area contributed by atoms with Gasteiger partial charge in [-0.05, 0) is 53.0 Å². The Morgan fingerprint density at radius 3 is 1.95 bits per heavy atom. The Hall–Kier alpha value is -1.63. The molecule has 22 heavy (non-hydrogen) atoms. The molecule has 1 heteroatoms. The Morgan fingerprint density at radius 2 is 1.41 bits per heavy atom. The summed E-state index contributed by atoms with van der Waals surface area (Å²) in [4.78, 5) is 0. The van der Waals surface area contributed by atoms with Gasteiger partial charge >= 0.3 is 0 Å². The third-order valence-corrected chi connectivity index (χ3v) is 4.30. The zero-order valence-electron chi connectivity index (χ0n) is 14.6. The van der Waals surface area contributed by atoms with Gasteiger partial charge in [-0.2, -0.15) is 0 Å². The van der Waals surface area contributed by atoms with Gasteiger partial charge in [0.15, 0.2) is 0 Å². The molecule has 0 fully saturated rings. The van der Waals surface area contributed by atoms with Crippen LogP contribution in [0.25, 0.3) is 0 Å².